The molecule has 1 fully saturated rings. The van der Waals surface area contributed by atoms with E-state index in [4.69, 9.17) is 0 Å². The maximum Gasteiger partial charge on any atom is 0.272 e. The highest BCUT2D eigenvalue weighted by atomic mass is 16.2. The van der Waals surface area contributed by atoms with Gasteiger partial charge in [-0.3, -0.25) is 9.78 Å². The van der Waals surface area contributed by atoms with E-state index in [9.17, 15) is 4.79 Å². The summed E-state index contributed by atoms with van der Waals surface area (Å²) in [5.41, 5.74) is 0.533. The van der Waals surface area contributed by atoms with Crippen molar-refractivity contribution in [1.29, 1.82) is 0 Å². The van der Waals surface area contributed by atoms with Gasteiger partial charge in [-0.25, -0.2) is 0 Å². The summed E-state index contributed by atoms with van der Waals surface area (Å²) in [5.74, 6) is 0.0544. The number of aromatic nitrogens is 1. The Kier molecular flexibility index (Phi) is 2.77. The minimum absolute atomic E-state index is 0.0544. The summed E-state index contributed by atoms with van der Waals surface area (Å²) in [7, 11) is 0. The topological polar surface area (TPSA) is 33.2 Å². The molecule has 1 aliphatic rings. The number of hydrogen-bond acceptors (Lipinski definition) is 2. The van der Waals surface area contributed by atoms with Gasteiger partial charge >= 0.3 is 0 Å². The molecule has 1 saturated heterocycles. The highest BCUT2D eigenvalue weighted by Gasteiger charge is 2.18. The lowest BCUT2D eigenvalue weighted by molar-refractivity contribution is 0.0718. The molecule has 1 radical (unpaired) electrons. The summed E-state index contributed by atoms with van der Waals surface area (Å²) in [5, 5.41) is 0. The number of pyridine rings is 1. The van der Waals surface area contributed by atoms with Crippen molar-refractivity contribution < 1.29 is 4.79 Å². The van der Waals surface area contributed by atoms with Crippen molar-refractivity contribution in [2.24, 2.45) is 0 Å². The molecule has 3 nitrogen and oxygen atoms in total. The van der Waals surface area contributed by atoms with Gasteiger partial charge in [-0.1, -0.05) is 6.07 Å². The first-order valence-corrected chi connectivity index (χ1v) is 4.99. The van der Waals surface area contributed by atoms with Crippen LogP contribution in [0.15, 0.2) is 18.3 Å². The molecule has 73 valence electrons. The Morgan fingerprint density at radius 3 is 2.79 bits per heavy atom. The number of amides is 1. The SMILES string of the molecule is O=C(c1cc[c]cn1)N1CCCCC1. The summed E-state index contributed by atoms with van der Waals surface area (Å²) >= 11 is 0. The molecule has 1 aromatic heterocycles. The molecule has 0 aliphatic carbocycles. The number of carbonyl (C=O) groups excluding carboxylic acids is 1. The molecule has 3 heteroatoms. The van der Waals surface area contributed by atoms with Gasteiger partial charge in [-0.15, -0.1) is 0 Å². The molecule has 1 aliphatic heterocycles. The van der Waals surface area contributed by atoms with E-state index in [-0.39, 0.29) is 5.91 Å². The third kappa shape index (κ3) is 1.92. The number of carbonyl (C=O) groups is 1. The summed E-state index contributed by atoms with van der Waals surface area (Å²) < 4.78 is 0. The average Bonchev–Trinajstić information content (AvgIpc) is 2.30. The fourth-order valence-corrected chi connectivity index (χ4v) is 1.71. The molecular formula is C11H13N2O. The van der Waals surface area contributed by atoms with Gasteiger partial charge < -0.3 is 4.90 Å². The van der Waals surface area contributed by atoms with E-state index in [0.29, 0.717) is 5.69 Å². The molecule has 0 spiro atoms. The number of rotatable bonds is 1. The standard InChI is InChI=1S/C11H13N2O/c14-11(10-6-2-3-7-12-10)13-8-4-1-5-9-13/h2,6-7H,1,4-5,8-9H2. The zero-order chi connectivity index (χ0) is 9.80. The normalized spacial score (nSPS) is 16.7. The van der Waals surface area contributed by atoms with Gasteiger partial charge in [0.2, 0.25) is 0 Å². The van der Waals surface area contributed by atoms with Gasteiger partial charge in [0.05, 0.1) is 0 Å². The zero-order valence-electron chi connectivity index (χ0n) is 8.07. The molecule has 0 bridgehead atoms. The van der Waals surface area contributed by atoms with Crippen molar-refractivity contribution in [3.05, 3.63) is 30.1 Å². The zero-order valence-corrected chi connectivity index (χ0v) is 8.07. The van der Waals surface area contributed by atoms with Crippen LogP contribution >= 0.6 is 0 Å². The molecule has 2 rings (SSSR count). The van der Waals surface area contributed by atoms with Crippen LogP contribution in [-0.4, -0.2) is 28.9 Å². The number of likely N-dealkylation sites (tertiary alicyclic amines) is 1. The maximum absolute atomic E-state index is 11.8. The largest absolute Gasteiger partial charge is 0.337 e. The van der Waals surface area contributed by atoms with Gasteiger partial charge in [-0.2, -0.15) is 0 Å². The van der Waals surface area contributed by atoms with Crippen molar-refractivity contribution in [3.8, 4) is 0 Å². The molecule has 0 N–H and O–H groups in total. The fraction of sp³-hybridized carbons (Fsp3) is 0.455. The number of nitrogens with zero attached hydrogens (tertiary/aromatic N) is 2. The van der Waals surface area contributed by atoms with Gasteiger partial charge in [0.25, 0.3) is 5.91 Å². The first kappa shape index (κ1) is 9.19. The number of hydrogen-bond donors (Lipinski definition) is 0. The van der Waals surface area contributed by atoms with Crippen LogP contribution in [0.3, 0.4) is 0 Å². The van der Waals surface area contributed by atoms with Gasteiger partial charge in [-0.05, 0) is 25.3 Å². The van der Waals surface area contributed by atoms with Gasteiger partial charge in [0, 0.05) is 25.4 Å². The summed E-state index contributed by atoms with van der Waals surface area (Å²) in [6, 6.07) is 6.25. The van der Waals surface area contributed by atoms with E-state index in [1.165, 1.54) is 12.6 Å². The summed E-state index contributed by atoms with van der Waals surface area (Å²) in [4.78, 5) is 17.7. The Morgan fingerprint density at radius 2 is 2.14 bits per heavy atom. The van der Waals surface area contributed by atoms with E-state index in [1.54, 1.807) is 12.1 Å². The van der Waals surface area contributed by atoms with Crippen molar-refractivity contribution in [2.75, 3.05) is 13.1 Å². The third-order valence-corrected chi connectivity index (χ3v) is 2.48. The van der Waals surface area contributed by atoms with Gasteiger partial charge in [0.15, 0.2) is 0 Å². The molecule has 0 aromatic carbocycles. The predicted molar refractivity (Wildman–Crippen MR) is 52.8 cm³/mol. The van der Waals surface area contributed by atoms with Crippen LogP contribution in [0.25, 0.3) is 0 Å². The van der Waals surface area contributed by atoms with E-state index < -0.39 is 0 Å². The molecule has 0 saturated carbocycles. The maximum atomic E-state index is 11.8. The predicted octanol–water partition coefficient (Wildman–Crippen LogP) is 1.51. The van der Waals surface area contributed by atoms with Crippen molar-refractivity contribution in [3.63, 3.8) is 0 Å². The lowest BCUT2D eigenvalue weighted by Gasteiger charge is -2.26. The molecule has 0 unspecified atom stereocenters. The lowest BCUT2D eigenvalue weighted by atomic mass is 10.1. The van der Waals surface area contributed by atoms with Crippen molar-refractivity contribution in [2.45, 2.75) is 19.3 Å². The lowest BCUT2D eigenvalue weighted by Crippen LogP contribution is -2.35. The molecule has 2 heterocycles. The summed E-state index contributed by atoms with van der Waals surface area (Å²) in [6.45, 7) is 1.75. The first-order chi connectivity index (χ1) is 6.88. The average molecular weight is 189 g/mol. The van der Waals surface area contributed by atoms with Crippen LogP contribution in [0.2, 0.25) is 0 Å². The molecular weight excluding hydrogens is 176 g/mol. The van der Waals surface area contributed by atoms with Crippen molar-refractivity contribution in [1.82, 2.24) is 9.88 Å². The van der Waals surface area contributed by atoms with Crippen LogP contribution in [0.1, 0.15) is 29.8 Å². The highest BCUT2D eigenvalue weighted by molar-refractivity contribution is 5.92. The third-order valence-electron chi connectivity index (χ3n) is 2.48. The van der Waals surface area contributed by atoms with Crippen LogP contribution in [0, 0.1) is 6.07 Å². The molecule has 0 atom stereocenters. The second-order valence-corrected chi connectivity index (χ2v) is 3.50. The smallest absolute Gasteiger partial charge is 0.272 e. The van der Waals surface area contributed by atoms with E-state index >= 15 is 0 Å². The van der Waals surface area contributed by atoms with E-state index in [0.717, 1.165) is 25.9 Å². The molecule has 14 heavy (non-hydrogen) atoms. The van der Waals surface area contributed by atoms with Crippen LogP contribution in [0.5, 0.6) is 0 Å². The monoisotopic (exact) mass is 189 g/mol. The number of piperidine rings is 1. The minimum atomic E-state index is 0.0544. The Morgan fingerprint density at radius 1 is 1.36 bits per heavy atom. The Balaban J connectivity index is 2.07. The van der Waals surface area contributed by atoms with E-state index in [1.807, 2.05) is 4.90 Å². The van der Waals surface area contributed by atoms with Crippen LogP contribution in [0.4, 0.5) is 0 Å². The Bertz CT molecular complexity index is 304. The van der Waals surface area contributed by atoms with Gasteiger partial charge in [0.1, 0.15) is 5.69 Å². The first-order valence-electron chi connectivity index (χ1n) is 4.99. The molecule has 1 amide bonds. The second-order valence-electron chi connectivity index (χ2n) is 3.50. The Hall–Kier alpha value is -1.38. The quantitative estimate of drug-likeness (QED) is 0.671. The van der Waals surface area contributed by atoms with Crippen LogP contribution in [-0.2, 0) is 0 Å². The molecule has 1 aromatic rings. The minimum Gasteiger partial charge on any atom is -0.337 e. The fourth-order valence-electron chi connectivity index (χ4n) is 1.71. The van der Waals surface area contributed by atoms with Crippen LogP contribution < -0.4 is 0 Å². The highest BCUT2D eigenvalue weighted by Crippen LogP contribution is 2.11. The van der Waals surface area contributed by atoms with Crippen molar-refractivity contribution >= 4 is 5.91 Å². The summed E-state index contributed by atoms with van der Waals surface area (Å²) in [6.07, 6.45) is 5.01. The second kappa shape index (κ2) is 4.22. The Labute approximate surface area is 83.8 Å². The van der Waals surface area contributed by atoms with E-state index in [2.05, 4.69) is 11.1 Å².